The minimum Gasteiger partial charge on any atom is -0.392 e. The molecule has 0 saturated carbocycles. The fourth-order valence-electron chi connectivity index (χ4n) is 1.65. The van der Waals surface area contributed by atoms with Gasteiger partial charge in [0.15, 0.2) is 6.29 Å². The molecular formula is C9H18O3. The molecule has 1 aliphatic heterocycles. The topological polar surface area (TPSA) is 38.7 Å². The first-order valence-electron chi connectivity index (χ1n) is 4.44. The molecule has 0 aromatic heterocycles. The zero-order valence-corrected chi connectivity index (χ0v) is 8.15. The normalized spacial score (nSPS) is 49.2. The van der Waals surface area contributed by atoms with Gasteiger partial charge in [0.2, 0.25) is 0 Å². The van der Waals surface area contributed by atoms with Crippen LogP contribution in [0, 0.1) is 11.8 Å². The van der Waals surface area contributed by atoms with Gasteiger partial charge in [-0.15, -0.1) is 0 Å². The van der Waals surface area contributed by atoms with Gasteiger partial charge < -0.3 is 14.6 Å². The third-order valence-corrected chi connectivity index (χ3v) is 2.83. The van der Waals surface area contributed by atoms with E-state index >= 15 is 0 Å². The van der Waals surface area contributed by atoms with Crippen LogP contribution in [0.2, 0.25) is 0 Å². The molecule has 0 aliphatic carbocycles. The Morgan fingerprint density at radius 3 is 2.25 bits per heavy atom. The molecule has 3 heteroatoms. The molecule has 0 radical (unpaired) electrons. The molecule has 0 spiro atoms. The van der Waals surface area contributed by atoms with Crippen LogP contribution in [0.4, 0.5) is 0 Å². The van der Waals surface area contributed by atoms with Crippen molar-refractivity contribution in [3.63, 3.8) is 0 Å². The summed E-state index contributed by atoms with van der Waals surface area (Å²) in [5, 5.41) is 9.76. The quantitative estimate of drug-likeness (QED) is 0.644. The molecule has 3 nitrogen and oxygen atoms in total. The average Bonchev–Trinajstić information content (AvgIpc) is 2.08. The van der Waals surface area contributed by atoms with Crippen molar-refractivity contribution in [1.82, 2.24) is 0 Å². The zero-order valence-electron chi connectivity index (χ0n) is 8.15. The van der Waals surface area contributed by atoms with Crippen LogP contribution in [-0.4, -0.2) is 30.7 Å². The summed E-state index contributed by atoms with van der Waals surface area (Å²) in [7, 11) is 1.61. The van der Waals surface area contributed by atoms with Gasteiger partial charge in [-0.25, -0.2) is 0 Å². The standard InChI is InChI=1S/C9H18O3/c1-5-7(3)12-9(11-4)6(2)8(5)10/h5-10H,1-4H3/t5-,6-,7+,8+,9-/m1/s1. The van der Waals surface area contributed by atoms with Crippen LogP contribution in [0.3, 0.4) is 0 Å². The molecule has 0 unspecified atom stereocenters. The molecule has 1 fully saturated rings. The van der Waals surface area contributed by atoms with Crippen molar-refractivity contribution in [3.05, 3.63) is 0 Å². The maximum absolute atomic E-state index is 9.76. The molecule has 1 aliphatic rings. The summed E-state index contributed by atoms with van der Waals surface area (Å²) in [6, 6.07) is 0. The third kappa shape index (κ3) is 1.63. The van der Waals surface area contributed by atoms with Gasteiger partial charge in [-0.1, -0.05) is 13.8 Å². The first-order chi connectivity index (χ1) is 5.57. The Balaban J connectivity index is 2.63. The molecule has 0 bridgehead atoms. The number of aliphatic hydroxyl groups is 1. The number of hydrogen-bond acceptors (Lipinski definition) is 3. The van der Waals surface area contributed by atoms with Crippen LogP contribution < -0.4 is 0 Å². The maximum Gasteiger partial charge on any atom is 0.162 e. The second-order valence-electron chi connectivity index (χ2n) is 3.65. The highest BCUT2D eigenvalue weighted by atomic mass is 16.7. The Bertz CT molecular complexity index is 144. The van der Waals surface area contributed by atoms with E-state index in [1.54, 1.807) is 7.11 Å². The lowest BCUT2D eigenvalue weighted by molar-refractivity contribution is -0.248. The van der Waals surface area contributed by atoms with Crippen molar-refractivity contribution in [1.29, 1.82) is 0 Å². The van der Waals surface area contributed by atoms with E-state index < -0.39 is 0 Å². The average molecular weight is 174 g/mol. The highest BCUT2D eigenvalue weighted by molar-refractivity contribution is 4.82. The Labute approximate surface area is 73.7 Å². The Kier molecular flexibility index (Phi) is 3.09. The van der Waals surface area contributed by atoms with E-state index in [2.05, 4.69) is 0 Å². The van der Waals surface area contributed by atoms with Crippen molar-refractivity contribution in [2.45, 2.75) is 39.3 Å². The first kappa shape index (κ1) is 9.96. The first-order valence-corrected chi connectivity index (χ1v) is 4.44. The predicted octanol–water partition coefficient (Wildman–Crippen LogP) is 1.01. The summed E-state index contributed by atoms with van der Waals surface area (Å²) in [6.07, 6.45) is -0.508. The predicted molar refractivity (Wildman–Crippen MR) is 45.7 cm³/mol. The van der Waals surface area contributed by atoms with E-state index in [0.717, 1.165) is 0 Å². The molecule has 0 amide bonds. The number of rotatable bonds is 1. The summed E-state index contributed by atoms with van der Waals surface area (Å²) in [4.78, 5) is 0. The molecular weight excluding hydrogens is 156 g/mol. The number of hydrogen-bond donors (Lipinski definition) is 1. The van der Waals surface area contributed by atoms with E-state index in [9.17, 15) is 5.11 Å². The minimum atomic E-state index is -0.321. The van der Waals surface area contributed by atoms with Crippen molar-refractivity contribution in [2.24, 2.45) is 11.8 Å². The highest BCUT2D eigenvalue weighted by Crippen LogP contribution is 2.29. The van der Waals surface area contributed by atoms with Crippen LogP contribution in [0.25, 0.3) is 0 Å². The van der Waals surface area contributed by atoms with Crippen molar-refractivity contribution >= 4 is 0 Å². The van der Waals surface area contributed by atoms with E-state index in [0.29, 0.717) is 0 Å². The molecule has 1 saturated heterocycles. The lowest BCUT2D eigenvalue weighted by Gasteiger charge is -2.40. The number of aliphatic hydroxyl groups excluding tert-OH is 1. The molecule has 1 N–H and O–H groups in total. The molecule has 0 aromatic rings. The van der Waals surface area contributed by atoms with Crippen molar-refractivity contribution in [3.8, 4) is 0 Å². The van der Waals surface area contributed by atoms with Crippen LogP contribution in [0.5, 0.6) is 0 Å². The smallest absolute Gasteiger partial charge is 0.162 e. The second kappa shape index (κ2) is 3.73. The zero-order chi connectivity index (χ0) is 9.30. The van der Waals surface area contributed by atoms with Crippen LogP contribution in [0.15, 0.2) is 0 Å². The second-order valence-corrected chi connectivity index (χ2v) is 3.65. The Hall–Kier alpha value is -0.120. The molecule has 1 heterocycles. The van der Waals surface area contributed by atoms with E-state index in [4.69, 9.17) is 9.47 Å². The Morgan fingerprint density at radius 1 is 1.17 bits per heavy atom. The van der Waals surface area contributed by atoms with Gasteiger partial charge in [0.25, 0.3) is 0 Å². The molecule has 72 valence electrons. The van der Waals surface area contributed by atoms with Gasteiger partial charge in [-0.05, 0) is 6.92 Å². The summed E-state index contributed by atoms with van der Waals surface area (Å²) < 4.78 is 10.7. The van der Waals surface area contributed by atoms with Gasteiger partial charge in [-0.2, -0.15) is 0 Å². The van der Waals surface area contributed by atoms with Crippen molar-refractivity contribution in [2.75, 3.05) is 7.11 Å². The molecule has 5 atom stereocenters. The van der Waals surface area contributed by atoms with Crippen LogP contribution in [0.1, 0.15) is 20.8 Å². The van der Waals surface area contributed by atoms with Gasteiger partial charge in [0, 0.05) is 18.9 Å². The fourth-order valence-corrected chi connectivity index (χ4v) is 1.65. The molecule has 12 heavy (non-hydrogen) atoms. The highest BCUT2D eigenvalue weighted by Gasteiger charge is 2.38. The monoisotopic (exact) mass is 174 g/mol. The lowest BCUT2D eigenvalue weighted by Crippen LogP contribution is -2.48. The number of ether oxygens (including phenoxy) is 2. The van der Waals surface area contributed by atoms with Gasteiger partial charge in [-0.3, -0.25) is 0 Å². The fraction of sp³-hybridized carbons (Fsp3) is 1.00. The largest absolute Gasteiger partial charge is 0.392 e. The summed E-state index contributed by atoms with van der Waals surface area (Å²) in [6.45, 7) is 5.91. The van der Waals surface area contributed by atoms with Crippen molar-refractivity contribution < 1.29 is 14.6 Å². The number of methoxy groups -OCH3 is 1. The van der Waals surface area contributed by atoms with E-state index in [1.165, 1.54) is 0 Å². The van der Waals surface area contributed by atoms with Gasteiger partial charge in [0.1, 0.15) is 0 Å². The van der Waals surface area contributed by atoms with Gasteiger partial charge in [0.05, 0.1) is 12.2 Å². The molecule has 1 rings (SSSR count). The third-order valence-electron chi connectivity index (χ3n) is 2.83. The van der Waals surface area contributed by atoms with Crippen LogP contribution >= 0.6 is 0 Å². The molecule has 0 aromatic carbocycles. The van der Waals surface area contributed by atoms with E-state index in [1.807, 2.05) is 20.8 Å². The summed E-state index contributed by atoms with van der Waals surface area (Å²) >= 11 is 0. The van der Waals surface area contributed by atoms with E-state index in [-0.39, 0.29) is 30.3 Å². The minimum absolute atomic E-state index is 0.0567. The summed E-state index contributed by atoms with van der Waals surface area (Å²) in [5.74, 6) is 0.243. The SMILES string of the molecule is CO[C@@H]1O[C@@H](C)[C@@H](C)[C@H](O)[C@H]1C. The summed E-state index contributed by atoms with van der Waals surface area (Å²) in [5.41, 5.74) is 0. The maximum atomic E-state index is 9.76. The van der Waals surface area contributed by atoms with Gasteiger partial charge >= 0.3 is 0 Å². The van der Waals surface area contributed by atoms with Crippen LogP contribution in [-0.2, 0) is 9.47 Å². The Morgan fingerprint density at radius 2 is 1.75 bits per heavy atom. The lowest BCUT2D eigenvalue weighted by atomic mass is 9.86.